The van der Waals surface area contributed by atoms with Gasteiger partial charge in [0.25, 0.3) is 0 Å². The first kappa shape index (κ1) is 14.6. The first-order chi connectivity index (χ1) is 10.2. The number of ether oxygens (including phenoxy) is 1. The van der Waals surface area contributed by atoms with Crippen molar-refractivity contribution in [2.75, 3.05) is 11.9 Å². The lowest BCUT2D eigenvalue weighted by Gasteiger charge is -2.32. The summed E-state index contributed by atoms with van der Waals surface area (Å²) in [6, 6.07) is 6.71. The van der Waals surface area contributed by atoms with Crippen LogP contribution < -0.4 is 10.1 Å². The predicted molar refractivity (Wildman–Crippen MR) is 90.4 cm³/mol. The number of hydrogen-bond acceptors (Lipinski definition) is 4. The fraction of sp³-hybridized carbons (Fsp3) is 0.588. The molecular formula is C17H24N2OS. The number of benzene rings is 1. The Morgan fingerprint density at radius 2 is 2.14 bits per heavy atom. The number of rotatable bonds is 4. The topological polar surface area (TPSA) is 34.1 Å². The molecule has 1 aliphatic rings. The van der Waals surface area contributed by atoms with Gasteiger partial charge in [-0.3, -0.25) is 0 Å². The zero-order chi connectivity index (χ0) is 14.8. The van der Waals surface area contributed by atoms with Gasteiger partial charge < -0.3 is 10.1 Å². The maximum atomic E-state index is 5.56. The third kappa shape index (κ3) is 3.31. The molecule has 0 saturated heterocycles. The fourth-order valence-corrected chi connectivity index (χ4v) is 4.05. The van der Waals surface area contributed by atoms with E-state index in [0.29, 0.717) is 12.6 Å². The van der Waals surface area contributed by atoms with Gasteiger partial charge in [-0.15, -0.1) is 0 Å². The molecule has 1 aromatic heterocycles. The summed E-state index contributed by atoms with van der Waals surface area (Å²) >= 11 is 1.73. The smallest absolute Gasteiger partial charge is 0.184 e. The quantitative estimate of drug-likeness (QED) is 0.869. The molecule has 0 aliphatic heterocycles. The highest BCUT2D eigenvalue weighted by molar-refractivity contribution is 7.22. The maximum Gasteiger partial charge on any atom is 0.184 e. The molecule has 3 atom stereocenters. The van der Waals surface area contributed by atoms with E-state index in [9.17, 15) is 0 Å². The van der Waals surface area contributed by atoms with Gasteiger partial charge in [0.2, 0.25) is 0 Å². The van der Waals surface area contributed by atoms with Crippen molar-refractivity contribution in [3.8, 4) is 5.75 Å². The molecule has 1 heterocycles. The van der Waals surface area contributed by atoms with Crippen molar-refractivity contribution in [1.82, 2.24) is 4.98 Å². The summed E-state index contributed by atoms with van der Waals surface area (Å²) in [7, 11) is 0. The third-order valence-electron chi connectivity index (χ3n) is 4.60. The molecule has 3 unspecified atom stereocenters. The molecule has 4 heteroatoms. The van der Waals surface area contributed by atoms with Crippen LogP contribution in [-0.2, 0) is 0 Å². The maximum absolute atomic E-state index is 5.56. The van der Waals surface area contributed by atoms with Gasteiger partial charge in [0.15, 0.2) is 5.13 Å². The van der Waals surface area contributed by atoms with Crippen molar-refractivity contribution in [1.29, 1.82) is 0 Å². The lowest BCUT2D eigenvalue weighted by atomic mass is 9.79. The number of anilines is 1. The van der Waals surface area contributed by atoms with E-state index < -0.39 is 0 Å². The van der Waals surface area contributed by atoms with Gasteiger partial charge in [-0.25, -0.2) is 4.98 Å². The van der Waals surface area contributed by atoms with Crippen molar-refractivity contribution in [3.05, 3.63) is 18.2 Å². The van der Waals surface area contributed by atoms with Crippen molar-refractivity contribution in [2.24, 2.45) is 11.8 Å². The van der Waals surface area contributed by atoms with E-state index in [2.05, 4.69) is 25.2 Å². The van der Waals surface area contributed by atoms with E-state index in [-0.39, 0.29) is 0 Å². The summed E-state index contributed by atoms with van der Waals surface area (Å²) in [5, 5.41) is 4.69. The highest BCUT2D eigenvalue weighted by Crippen LogP contribution is 2.34. The molecule has 21 heavy (non-hydrogen) atoms. The highest BCUT2D eigenvalue weighted by Gasteiger charge is 2.24. The molecule has 2 aromatic rings. The fourth-order valence-electron chi connectivity index (χ4n) is 3.08. The molecule has 1 aliphatic carbocycles. The Bertz CT molecular complexity index is 610. The van der Waals surface area contributed by atoms with E-state index in [0.717, 1.165) is 28.2 Å². The zero-order valence-corrected chi connectivity index (χ0v) is 13.9. The van der Waals surface area contributed by atoms with E-state index in [1.807, 2.05) is 19.1 Å². The molecule has 1 aromatic carbocycles. The minimum Gasteiger partial charge on any atom is -0.494 e. The molecule has 114 valence electrons. The Balaban J connectivity index is 1.72. The largest absolute Gasteiger partial charge is 0.494 e. The average Bonchev–Trinajstić information content (AvgIpc) is 2.85. The summed E-state index contributed by atoms with van der Waals surface area (Å²) in [4.78, 5) is 4.70. The van der Waals surface area contributed by atoms with Crippen LogP contribution in [0.15, 0.2) is 18.2 Å². The van der Waals surface area contributed by atoms with Crippen LogP contribution in [0.1, 0.15) is 40.0 Å². The van der Waals surface area contributed by atoms with Gasteiger partial charge in [-0.1, -0.05) is 25.2 Å². The Labute approximate surface area is 130 Å². The number of hydrogen-bond donors (Lipinski definition) is 1. The van der Waals surface area contributed by atoms with Crippen molar-refractivity contribution < 1.29 is 4.74 Å². The first-order valence-electron chi connectivity index (χ1n) is 7.95. The molecule has 1 saturated carbocycles. The summed E-state index contributed by atoms with van der Waals surface area (Å²) < 4.78 is 6.75. The highest BCUT2D eigenvalue weighted by atomic mass is 32.1. The van der Waals surface area contributed by atoms with Gasteiger partial charge in [-0.05, 0) is 56.2 Å². The van der Waals surface area contributed by atoms with E-state index in [4.69, 9.17) is 9.72 Å². The van der Waals surface area contributed by atoms with Crippen LogP contribution in [0.25, 0.3) is 10.2 Å². The molecule has 0 spiro atoms. The Kier molecular flexibility index (Phi) is 4.34. The van der Waals surface area contributed by atoms with Crippen LogP contribution in [0.5, 0.6) is 5.75 Å². The van der Waals surface area contributed by atoms with E-state index >= 15 is 0 Å². The van der Waals surface area contributed by atoms with Gasteiger partial charge in [0.1, 0.15) is 5.75 Å². The molecule has 3 rings (SSSR count). The summed E-state index contributed by atoms with van der Waals surface area (Å²) in [5.74, 6) is 2.59. The predicted octanol–water partition coefficient (Wildman–Crippen LogP) is 4.93. The van der Waals surface area contributed by atoms with E-state index in [1.54, 1.807) is 11.3 Å². The van der Waals surface area contributed by atoms with Gasteiger partial charge in [0, 0.05) is 6.04 Å². The number of aromatic nitrogens is 1. The molecule has 0 radical (unpaired) electrons. The molecular weight excluding hydrogens is 280 g/mol. The molecule has 0 bridgehead atoms. The molecule has 3 nitrogen and oxygen atoms in total. The lowest BCUT2D eigenvalue weighted by Crippen LogP contribution is -2.30. The minimum atomic E-state index is 0.572. The number of fused-ring (bicyclic) bond motifs is 1. The molecule has 1 N–H and O–H groups in total. The van der Waals surface area contributed by atoms with Crippen LogP contribution >= 0.6 is 11.3 Å². The van der Waals surface area contributed by atoms with Gasteiger partial charge in [-0.2, -0.15) is 0 Å². The second-order valence-corrected chi connectivity index (χ2v) is 7.22. The van der Waals surface area contributed by atoms with Crippen LogP contribution in [0.3, 0.4) is 0 Å². The molecule has 0 amide bonds. The van der Waals surface area contributed by atoms with Crippen LogP contribution in [0.4, 0.5) is 5.13 Å². The van der Waals surface area contributed by atoms with Crippen molar-refractivity contribution in [3.63, 3.8) is 0 Å². The summed E-state index contributed by atoms with van der Waals surface area (Å²) in [6.45, 7) is 7.45. The lowest BCUT2D eigenvalue weighted by molar-refractivity contribution is 0.261. The Morgan fingerprint density at radius 3 is 2.90 bits per heavy atom. The SMILES string of the molecule is CCOc1ccc2nc(NC3CCC(C)C(C)C3)sc2c1. The second kappa shape index (κ2) is 6.22. The first-order valence-corrected chi connectivity index (χ1v) is 8.77. The normalized spacial score (nSPS) is 26.0. The standard InChI is InChI=1S/C17H24N2OS/c1-4-20-14-7-8-15-16(10-14)21-17(19-15)18-13-6-5-11(2)12(3)9-13/h7-8,10-13H,4-6,9H2,1-3H3,(H,18,19). The summed E-state index contributed by atoms with van der Waals surface area (Å²) in [5.41, 5.74) is 1.06. The average molecular weight is 304 g/mol. The van der Waals surface area contributed by atoms with Crippen LogP contribution in [0, 0.1) is 11.8 Å². The Hall–Kier alpha value is -1.29. The minimum absolute atomic E-state index is 0.572. The number of thiazole rings is 1. The van der Waals surface area contributed by atoms with Crippen molar-refractivity contribution >= 4 is 26.7 Å². The second-order valence-electron chi connectivity index (χ2n) is 6.19. The summed E-state index contributed by atoms with van der Waals surface area (Å²) in [6.07, 6.45) is 3.82. The number of nitrogens with one attached hydrogen (secondary N) is 1. The van der Waals surface area contributed by atoms with Crippen LogP contribution in [-0.4, -0.2) is 17.6 Å². The van der Waals surface area contributed by atoms with E-state index in [1.165, 1.54) is 24.0 Å². The number of nitrogens with zero attached hydrogens (tertiary/aromatic N) is 1. The van der Waals surface area contributed by atoms with Gasteiger partial charge in [0.05, 0.1) is 16.8 Å². The monoisotopic (exact) mass is 304 g/mol. The third-order valence-corrected chi connectivity index (χ3v) is 5.55. The molecule has 1 fully saturated rings. The van der Waals surface area contributed by atoms with Crippen LogP contribution in [0.2, 0.25) is 0 Å². The van der Waals surface area contributed by atoms with Crippen molar-refractivity contribution in [2.45, 2.75) is 46.1 Å². The zero-order valence-electron chi connectivity index (χ0n) is 13.1. The Morgan fingerprint density at radius 1 is 1.29 bits per heavy atom. The van der Waals surface area contributed by atoms with Gasteiger partial charge >= 0.3 is 0 Å².